The van der Waals surface area contributed by atoms with Crippen LogP contribution < -0.4 is 5.32 Å². The van der Waals surface area contributed by atoms with Gasteiger partial charge in [-0.25, -0.2) is 0 Å². The smallest absolute Gasteiger partial charge is 0.325 e. The van der Waals surface area contributed by atoms with E-state index in [-0.39, 0.29) is 30.9 Å². The van der Waals surface area contributed by atoms with Gasteiger partial charge in [0.2, 0.25) is 5.78 Å². The number of carbonyl (C=O) groups excluding carboxylic acids is 3. The lowest BCUT2D eigenvalue weighted by molar-refractivity contribution is -0.141. The molecule has 0 aliphatic carbocycles. The van der Waals surface area contributed by atoms with Crippen LogP contribution in [0.5, 0.6) is 0 Å². The summed E-state index contributed by atoms with van der Waals surface area (Å²) in [5.41, 5.74) is 3.67. The molecular weight excluding hydrogens is 372 g/mol. The molecule has 0 fully saturated rings. The fourth-order valence-corrected chi connectivity index (χ4v) is 3.37. The molecule has 0 radical (unpaired) electrons. The van der Waals surface area contributed by atoms with Gasteiger partial charge in [-0.2, -0.15) is 0 Å². The van der Waals surface area contributed by atoms with Gasteiger partial charge in [-0.15, -0.1) is 0 Å². The molecule has 156 valence electrons. The summed E-state index contributed by atoms with van der Waals surface area (Å²) in [4.78, 5) is 36.5. The standard InChI is InChI=1S/C22H28N2O5/c1-14-7-6-8-18(9-14)22(27)23-11-21(26)29-13-20(25)19-10-15(2)24(17(19)4)16(3)12-28-5/h6-10,16H,11-13H2,1-5H3,(H,23,27)/t16-/m1/s1. The van der Waals surface area contributed by atoms with Crippen molar-refractivity contribution in [3.05, 3.63) is 58.4 Å². The molecule has 0 saturated carbocycles. The van der Waals surface area contributed by atoms with Crippen molar-refractivity contribution in [1.82, 2.24) is 9.88 Å². The van der Waals surface area contributed by atoms with Crippen LogP contribution in [0.25, 0.3) is 0 Å². The Hall–Kier alpha value is -2.93. The largest absolute Gasteiger partial charge is 0.456 e. The fraction of sp³-hybridized carbons (Fsp3) is 0.409. The average molecular weight is 400 g/mol. The number of amides is 1. The number of carbonyl (C=O) groups is 3. The first-order valence-electron chi connectivity index (χ1n) is 9.45. The maximum atomic E-state index is 12.5. The molecule has 1 aromatic heterocycles. The van der Waals surface area contributed by atoms with Crippen LogP contribution in [0.3, 0.4) is 0 Å². The lowest BCUT2D eigenvalue weighted by Crippen LogP contribution is -2.31. The first-order chi connectivity index (χ1) is 13.7. The molecule has 1 atom stereocenters. The lowest BCUT2D eigenvalue weighted by Gasteiger charge is -2.17. The number of Topliss-reactive ketones (excluding diaryl/α,β-unsaturated/α-hetero) is 1. The van der Waals surface area contributed by atoms with Gasteiger partial charge in [0.05, 0.1) is 12.6 Å². The second-order valence-corrected chi connectivity index (χ2v) is 7.10. The van der Waals surface area contributed by atoms with Gasteiger partial charge in [0, 0.05) is 29.6 Å². The van der Waals surface area contributed by atoms with Gasteiger partial charge in [-0.05, 0) is 45.9 Å². The molecule has 1 N–H and O–H groups in total. The van der Waals surface area contributed by atoms with Crippen LogP contribution in [0.4, 0.5) is 0 Å². The molecule has 0 spiro atoms. The summed E-state index contributed by atoms with van der Waals surface area (Å²) in [5, 5.41) is 2.50. The molecule has 1 amide bonds. The molecular formula is C22H28N2O5. The number of nitrogens with zero attached hydrogens (tertiary/aromatic N) is 1. The van der Waals surface area contributed by atoms with E-state index in [4.69, 9.17) is 9.47 Å². The quantitative estimate of drug-likeness (QED) is 0.517. The summed E-state index contributed by atoms with van der Waals surface area (Å²) in [7, 11) is 1.63. The molecule has 2 rings (SSSR count). The Balaban J connectivity index is 1.89. The normalized spacial score (nSPS) is 11.8. The summed E-state index contributed by atoms with van der Waals surface area (Å²) in [6.45, 7) is 7.52. The molecule has 0 aliphatic heterocycles. The zero-order valence-corrected chi connectivity index (χ0v) is 17.6. The Labute approximate surface area is 171 Å². The van der Waals surface area contributed by atoms with E-state index in [1.54, 1.807) is 31.4 Å². The highest BCUT2D eigenvalue weighted by Gasteiger charge is 2.20. The first kappa shape index (κ1) is 22.4. The van der Waals surface area contributed by atoms with E-state index in [0.29, 0.717) is 17.7 Å². The first-order valence-corrected chi connectivity index (χ1v) is 9.45. The third-order valence-corrected chi connectivity index (χ3v) is 4.67. The van der Waals surface area contributed by atoms with E-state index in [9.17, 15) is 14.4 Å². The second kappa shape index (κ2) is 10.0. The molecule has 1 aromatic carbocycles. The van der Waals surface area contributed by atoms with Crippen molar-refractivity contribution in [3.8, 4) is 0 Å². The summed E-state index contributed by atoms with van der Waals surface area (Å²) < 4.78 is 12.3. The molecule has 1 heterocycles. The van der Waals surface area contributed by atoms with Crippen LogP contribution >= 0.6 is 0 Å². The average Bonchev–Trinajstić information content (AvgIpc) is 2.98. The van der Waals surface area contributed by atoms with Crippen LogP contribution in [0.2, 0.25) is 0 Å². The topological polar surface area (TPSA) is 86.6 Å². The Bertz CT molecular complexity index is 901. The monoisotopic (exact) mass is 400 g/mol. The highest BCUT2D eigenvalue weighted by molar-refractivity contribution is 6.00. The molecule has 29 heavy (non-hydrogen) atoms. The number of ether oxygens (including phenoxy) is 2. The zero-order valence-electron chi connectivity index (χ0n) is 17.6. The number of aromatic nitrogens is 1. The Morgan fingerprint density at radius 2 is 1.86 bits per heavy atom. The highest BCUT2D eigenvalue weighted by Crippen LogP contribution is 2.21. The number of hydrogen-bond donors (Lipinski definition) is 1. The zero-order chi connectivity index (χ0) is 21.6. The summed E-state index contributed by atoms with van der Waals surface area (Å²) in [6.07, 6.45) is 0. The molecule has 7 nitrogen and oxygen atoms in total. The van der Waals surface area contributed by atoms with E-state index >= 15 is 0 Å². The summed E-state index contributed by atoms with van der Waals surface area (Å²) >= 11 is 0. The van der Waals surface area contributed by atoms with Gasteiger partial charge >= 0.3 is 5.97 Å². The van der Waals surface area contributed by atoms with Gasteiger partial charge in [0.25, 0.3) is 5.91 Å². The number of esters is 1. The van der Waals surface area contributed by atoms with Gasteiger partial charge in [-0.1, -0.05) is 17.7 Å². The third-order valence-electron chi connectivity index (χ3n) is 4.67. The van der Waals surface area contributed by atoms with Crippen molar-refractivity contribution < 1.29 is 23.9 Å². The molecule has 0 unspecified atom stereocenters. The van der Waals surface area contributed by atoms with Crippen LogP contribution in [-0.4, -0.2) is 49.1 Å². The molecule has 2 aromatic rings. The number of rotatable bonds is 9. The SMILES string of the molecule is COC[C@@H](C)n1c(C)cc(C(=O)COC(=O)CNC(=O)c2cccc(C)c2)c1C. The van der Waals surface area contributed by atoms with E-state index in [2.05, 4.69) is 5.32 Å². The molecule has 0 bridgehead atoms. The van der Waals surface area contributed by atoms with Crippen molar-refractivity contribution in [2.75, 3.05) is 26.9 Å². The number of benzene rings is 1. The third kappa shape index (κ3) is 5.77. The number of ketones is 1. The highest BCUT2D eigenvalue weighted by atomic mass is 16.5. The van der Waals surface area contributed by atoms with Crippen LogP contribution in [0.15, 0.2) is 30.3 Å². The van der Waals surface area contributed by atoms with E-state index in [0.717, 1.165) is 17.0 Å². The van der Waals surface area contributed by atoms with Gasteiger partial charge in [0.15, 0.2) is 6.61 Å². The minimum atomic E-state index is -0.666. The van der Waals surface area contributed by atoms with Crippen molar-refractivity contribution in [3.63, 3.8) is 0 Å². The van der Waals surface area contributed by atoms with Gasteiger partial charge < -0.3 is 19.4 Å². The molecule has 0 aliphatic rings. The maximum absolute atomic E-state index is 12.5. The molecule has 0 saturated heterocycles. The Morgan fingerprint density at radius 3 is 2.52 bits per heavy atom. The van der Waals surface area contributed by atoms with Crippen molar-refractivity contribution >= 4 is 17.7 Å². The Morgan fingerprint density at radius 1 is 1.14 bits per heavy atom. The van der Waals surface area contributed by atoms with Gasteiger partial charge in [0.1, 0.15) is 6.54 Å². The van der Waals surface area contributed by atoms with E-state index in [1.807, 2.05) is 38.3 Å². The summed E-state index contributed by atoms with van der Waals surface area (Å²) in [5.74, 6) is -1.32. The maximum Gasteiger partial charge on any atom is 0.325 e. The number of methoxy groups -OCH3 is 1. The van der Waals surface area contributed by atoms with Crippen molar-refractivity contribution in [2.24, 2.45) is 0 Å². The minimum absolute atomic E-state index is 0.0842. The van der Waals surface area contributed by atoms with Crippen LogP contribution in [0, 0.1) is 20.8 Å². The number of nitrogens with one attached hydrogen (secondary N) is 1. The second-order valence-electron chi connectivity index (χ2n) is 7.10. The van der Waals surface area contributed by atoms with Gasteiger partial charge in [-0.3, -0.25) is 14.4 Å². The van der Waals surface area contributed by atoms with Crippen molar-refractivity contribution in [1.29, 1.82) is 0 Å². The number of hydrogen-bond acceptors (Lipinski definition) is 5. The molecule has 7 heteroatoms. The fourth-order valence-electron chi connectivity index (χ4n) is 3.37. The lowest BCUT2D eigenvalue weighted by atomic mass is 10.1. The van der Waals surface area contributed by atoms with Crippen molar-refractivity contribution in [2.45, 2.75) is 33.7 Å². The van der Waals surface area contributed by atoms with Crippen LogP contribution in [-0.2, 0) is 14.3 Å². The minimum Gasteiger partial charge on any atom is -0.456 e. The van der Waals surface area contributed by atoms with E-state index < -0.39 is 5.97 Å². The predicted molar refractivity (Wildman–Crippen MR) is 109 cm³/mol. The number of aryl methyl sites for hydroxylation is 2. The van der Waals surface area contributed by atoms with Crippen LogP contribution in [0.1, 0.15) is 50.6 Å². The summed E-state index contributed by atoms with van der Waals surface area (Å²) in [6, 6.07) is 8.91. The predicted octanol–water partition coefficient (Wildman–Crippen LogP) is 2.78. The van der Waals surface area contributed by atoms with E-state index in [1.165, 1.54) is 0 Å². The Kier molecular flexibility index (Phi) is 7.73.